The number of methoxy groups -OCH3 is 3. The summed E-state index contributed by atoms with van der Waals surface area (Å²) in [6.45, 7) is 5.74. The van der Waals surface area contributed by atoms with Gasteiger partial charge in [0.2, 0.25) is 0 Å². The number of benzene rings is 1. The third-order valence-corrected chi connectivity index (χ3v) is 8.26. The van der Waals surface area contributed by atoms with Crippen LogP contribution in [-0.2, 0) is 16.1 Å². The number of thiazole rings is 1. The van der Waals surface area contributed by atoms with Crippen LogP contribution in [0.4, 0.5) is 5.69 Å². The van der Waals surface area contributed by atoms with E-state index in [4.69, 9.17) is 28.8 Å². The molecule has 0 spiro atoms. The number of ether oxygens (including phenoxy) is 5. The maximum Gasteiger partial charge on any atom is 0.258 e. The molecule has 0 N–H and O–H groups in total. The summed E-state index contributed by atoms with van der Waals surface area (Å²) in [7, 11) is 5.08. The summed E-state index contributed by atoms with van der Waals surface area (Å²) in [5, 5.41) is 7.08. The molecule has 5 rings (SSSR count). The van der Waals surface area contributed by atoms with Crippen LogP contribution in [0.2, 0.25) is 0 Å². The molecule has 9 heteroatoms. The largest absolute Gasteiger partial charge is 0.496 e. The van der Waals surface area contributed by atoms with Crippen LogP contribution in [0.3, 0.4) is 0 Å². The van der Waals surface area contributed by atoms with Gasteiger partial charge >= 0.3 is 0 Å². The Morgan fingerprint density at radius 1 is 1.08 bits per heavy atom. The molecule has 1 atom stereocenters. The smallest absolute Gasteiger partial charge is 0.258 e. The molecule has 3 heterocycles. The van der Waals surface area contributed by atoms with E-state index >= 15 is 0 Å². The third-order valence-electron chi connectivity index (χ3n) is 7.33. The Bertz CT molecular complexity index is 1140. The maximum atomic E-state index is 5.90. The molecule has 196 valence electrons. The minimum absolute atomic E-state index is 0.328. The van der Waals surface area contributed by atoms with Crippen LogP contribution >= 0.6 is 11.3 Å². The number of anilines is 1. The van der Waals surface area contributed by atoms with E-state index in [0.29, 0.717) is 31.1 Å². The van der Waals surface area contributed by atoms with Crippen molar-refractivity contribution in [2.75, 3.05) is 52.6 Å². The van der Waals surface area contributed by atoms with Crippen LogP contribution in [0.1, 0.15) is 44.6 Å². The van der Waals surface area contributed by atoms with Gasteiger partial charge in [0, 0.05) is 25.1 Å². The number of nitrogens with zero attached hydrogens (tertiary/aromatic N) is 3. The van der Waals surface area contributed by atoms with Crippen molar-refractivity contribution in [2.45, 2.75) is 51.7 Å². The van der Waals surface area contributed by atoms with Crippen molar-refractivity contribution in [2.24, 2.45) is 5.92 Å². The van der Waals surface area contributed by atoms with Gasteiger partial charge in [-0.15, -0.1) is 16.4 Å². The Hall–Kier alpha value is -2.49. The monoisotopic (exact) mass is 515 g/mol. The van der Waals surface area contributed by atoms with Crippen LogP contribution < -0.4 is 19.1 Å². The van der Waals surface area contributed by atoms with Gasteiger partial charge in [-0.2, -0.15) is 0 Å². The fourth-order valence-electron chi connectivity index (χ4n) is 5.22. The van der Waals surface area contributed by atoms with Gasteiger partial charge in [0.1, 0.15) is 22.0 Å². The highest BCUT2D eigenvalue weighted by Crippen LogP contribution is 2.46. The fraction of sp³-hybridized carbons (Fsp3) is 0.593. The summed E-state index contributed by atoms with van der Waals surface area (Å²) in [5.74, 6) is 2.82. The summed E-state index contributed by atoms with van der Waals surface area (Å²) in [6.07, 6.45) is 6.09. The Labute approximate surface area is 217 Å². The number of hydrogen-bond acceptors (Lipinski definition) is 8. The van der Waals surface area contributed by atoms with Crippen LogP contribution in [0.5, 0.6) is 17.4 Å². The summed E-state index contributed by atoms with van der Waals surface area (Å²) < 4.78 is 31.1. The van der Waals surface area contributed by atoms with E-state index in [1.165, 1.54) is 19.3 Å². The topological polar surface area (TPSA) is 66.7 Å². The van der Waals surface area contributed by atoms with Crippen molar-refractivity contribution < 1.29 is 23.7 Å². The number of rotatable bonds is 11. The van der Waals surface area contributed by atoms with E-state index in [-0.39, 0.29) is 0 Å². The molecule has 36 heavy (non-hydrogen) atoms. The lowest BCUT2D eigenvalue weighted by molar-refractivity contribution is 0.0771. The summed E-state index contributed by atoms with van der Waals surface area (Å²) in [6, 6.07) is 4.36. The Morgan fingerprint density at radius 3 is 2.44 bits per heavy atom. The predicted octanol–water partition coefficient (Wildman–Crippen LogP) is 5.41. The van der Waals surface area contributed by atoms with Gasteiger partial charge in [0.25, 0.3) is 5.88 Å². The fourth-order valence-corrected chi connectivity index (χ4v) is 6.22. The van der Waals surface area contributed by atoms with Crippen molar-refractivity contribution in [3.8, 4) is 28.6 Å². The standard InChI is InChI=1S/C27H37N3O5S/c1-5-34-15-19-12-22(31-2)24(23(13-19)32-3)21-17-36-27-25(26(33-4)28-30(21)27)29(14-18-8-6-9-18)20-10-7-11-35-16-20/h12-13,17-18,20H,5-11,14-16H2,1-4H3. The lowest BCUT2D eigenvalue weighted by Gasteiger charge is -2.39. The molecule has 8 nitrogen and oxygen atoms in total. The normalized spacial score (nSPS) is 18.3. The predicted molar refractivity (Wildman–Crippen MR) is 142 cm³/mol. The van der Waals surface area contributed by atoms with Crippen molar-refractivity contribution in [3.63, 3.8) is 0 Å². The summed E-state index contributed by atoms with van der Waals surface area (Å²) in [4.78, 5) is 3.58. The first-order valence-corrected chi connectivity index (χ1v) is 13.8. The van der Waals surface area contributed by atoms with Crippen molar-refractivity contribution in [1.82, 2.24) is 9.61 Å². The molecule has 1 aromatic carbocycles. The molecule has 3 aromatic rings. The number of hydrogen-bond donors (Lipinski definition) is 0. The number of fused-ring (bicyclic) bond motifs is 1. The summed E-state index contributed by atoms with van der Waals surface area (Å²) in [5.41, 5.74) is 3.86. The van der Waals surface area contributed by atoms with Gasteiger partial charge in [0.15, 0.2) is 0 Å². The first-order chi connectivity index (χ1) is 17.7. The second kappa shape index (κ2) is 11.3. The van der Waals surface area contributed by atoms with Crippen LogP contribution in [0, 0.1) is 5.92 Å². The van der Waals surface area contributed by atoms with Crippen molar-refractivity contribution in [3.05, 3.63) is 23.1 Å². The van der Waals surface area contributed by atoms with Crippen molar-refractivity contribution >= 4 is 21.9 Å². The lowest BCUT2D eigenvalue weighted by atomic mass is 9.84. The third kappa shape index (κ3) is 4.76. The zero-order chi connectivity index (χ0) is 25.1. The molecule has 0 radical (unpaired) electrons. The molecular weight excluding hydrogens is 478 g/mol. The minimum Gasteiger partial charge on any atom is -0.496 e. The molecule has 0 bridgehead atoms. The molecule has 1 saturated heterocycles. The highest BCUT2D eigenvalue weighted by Gasteiger charge is 2.33. The molecule has 2 fully saturated rings. The van der Waals surface area contributed by atoms with Gasteiger partial charge in [0.05, 0.1) is 51.8 Å². The van der Waals surface area contributed by atoms with E-state index in [0.717, 1.165) is 71.4 Å². The quantitative estimate of drug-likeness (QED) is 0.338. The first kappa shape index (κ1) is 25.2. The van der Waals surface area contributed by atoms with Gasteiger partial charge in [-0.1, -0.05) is 6.42 Å². The SMILES string of the molecule is CCOCc1cc(OC)c(-c2csc3c(N(CC4CCC4)C4CCCOC4)c(OC)nn23)c(OC)c1. The zero-order valence-electron chi connectivity index (χ0n) is 21.7. The second-order valence-electron chi connectivity index (χ2n) is 9.53. The highest BCUT2D eigenvalue weighted by atomic mass is 32.1. The zero-order valence-corrected chi connectivity index (χ0v) is 22.6. The average Bonchev–Trinajstić information content (AvgIpc) is 3.46. The van der Waals surface area contributed by atoms with E-state index in [2.05, 4.69) is 10.3 Å². The van der Waals surface area contributed by atoms with E-state index in [1.807, 2.05) is 23.6 Å². The molecule has 1 saturated carbocycles. The van der Waals surface area contributed by atoms with Crippen LogP contribution in [0.25, 0.3) is 16.1 Å². The van der Waals surface area contributed by atoms with Crippen LogP contribution in [0.15, 0.2) is 17.5 Å². The molecular formula is C27H37N3O5S. The van der Waals surface area contributed by atoms with Crippen LogP contribution in [-0.4, -0.2) is 63.4 Å². The molecule has 1 unspecified atom stereocenters. The van der Waals surface area contributed by atoms with E-state index in [9.17, 15) is 0 Å². The maximum absolute atomic E-state index is 5.90. The Kier molecular flexibility index (Phi) is 7.88. The molecule has 2 aromatic heterocycles. The van der Waals surface area contributed by atoms with Gasteiger partial charge in [-0.05, 0) is 56.2 Å². The molecule has 1 aliphatic carbocycles. The molecule has 0 amide bonds. The second-order valence-corrected chi connectivity index (χ2v) is 10.4. The molecule has 2 aliphatic rings. The highest BCUT2D eigenvalue weighted by molar-refractivity contribution is 7.16. The molecule has 1 aliphatic heterocycles. The van der Waals surface area contributed by atoms with E-state index < -0.39 is 0 Å². The Balaban J connectivity index is 1.60. The lowest BCUT2D eigenvalue weighted by Crippen LogP contribution is -2.45. The van der Waals surface area contributed by atoms with Crippen molar-refractivity contribution in [1.29, 1.82) is 0 Å². The van der Waals surface area contributed by atoms with E-state index in [1.54, 1.807) is 32.7 Å². The minimum atomic E-state index is 0.328. The first-order valence-electron chi connectivity index (χ1n) is 12.9. The van der Waals surface area contributed by atoms with Gasteiger partial charge in [-0.25, -0.2) is 4.52 Å². The Morgan fingerprint density at radius 2 is 1.86 bits per heavy atom. The summed E-state index contributed by atoms with van der Waals surface area (Å²) >= 11 is 1.68. The van der Waals surface area contributed by atoms with Gasteiger partial charge in [-0.3, -0.25) is 0 Å². The average molecular weight is 516 g/mol. The number of aromatic nitrogens is 2. The van der Waals surface area contributed by atoms with Gasteiger partial charge < -0.3 is 28.6 Å².